The number of benzene rings is 2. The standard InChI is InChI=1S/C21H21NO3S/c1-3-4-14-22-20(23)18(16-12-8-9-13-17(16)25-2)19(21(22)24)26-15-10-6-5-7-11-15/h5-13H,3-4,14H2,1-2H3. The molecule has 1 aliphatic rings. The Kier molecular flexibility index (Phi) is 5.78. The Morgan fingerprint density at radius 3 is 2.35 bits per heavy atom. The predicted octanol–water partition coefficient (Wildman–Crippen LogP) is 4.37. The molecule has 0 bridgehead atoms. The number of para-hydroxylation sites is 1. The molecule has 2 amide bonds. The Labute approximate surface area is 157 Å². The van der Waals surface area contributed by atoms with Crippen molar-refractivity contribution in [1.82, 2.24) is 4.90 Å². The van der Waals surface area contributed by atoms with Gasteiger partial charge >= 0.3 is 0 Å². The summed E-state index contributed by atoms with van der Waals surface area (Å²) in [5, 5.41) is 0. The maximum atomic E-state index is 13.1. The number of ether oxygens (including phenoxy) is 1. The molecule has 0 aromatic heterocycles. The normalized spacial score (nSPS) is 14.3. The quantitative estimate of drug-likeness (QED) is 0.682. The van der Waals surface area contributed by atoms with Crippen LogP contribution in [0.3, 0.4) is 0 Å². The third kappa shape index (κ3) is 3.53. The number of unbranched alkanes of at least 4 members (excludes halogenated alkanes) is 1. The van der Waals surface area contributed by atoms with Gasteiger partial charge in [0, 0.05) is 17.0 Å². The lowest BCUT2D eigenvalue weighted by Crippen LogP contribution is -2.32. The maximum Gasteiger partial charge on any atom is 0.268 e. The number of rotatable bonds is 7. The summed E-state index contributed by atoms with van der Waals surface area (Å²) >= 11 is 1.33. The SMILES string of the molecule is CCCCN1C(=O)C(Sc2ccccc2)=C(c2ccccc2OC)C1=O. The van der Waals surface area contributed by atoms with E-state index < -0.39 is 0 Å². The zero-order chi connectivity index (χ0) is 18.5. The summed E-state index contributed by atoms with van der Waals surface area (Å²) in [7, 11) is 1.57. The molecule has 0 unspecified atom stereocenters. The van der Waals surface area contributed by atoms with E-state index >= 15 is 0 Å². The van der Waals surface area contributed by atoms with Gasteiger partial charge in [-0.15, -0.1) is 0 Å². The number of nitrogens with zero attached hydrogens (tertiary/aromatic N) is 1. The minimum Gasteiger partial charge on any atom is -0.496 e. The fraction of sp³-hybridized carbons (Fsp3) is 0.238. The van der Waals surface area contributed by atoms with Crippen molar-refractivity contribution in [3.8, 4) is 5.75 Å². The minimum atomic E-state index is -0.244. The predicted molar refractivity (Wildman–Crippen MR) is 104 cm³/mol. The highest BCUT2D eigenvalue weighted by Crippen LogP contribution is 2.42. The number of amides is 2. The van der Waals surface area contributed by atoms with Crippen molar-refractivity contribution in [3.63, 3.8) is 0 Å². The Balaban J connectivity index is 2.08. The van der Waals surface area contributed by atoms with E-state index in [0.29, 0.717) is 28.3 Å². The van der Waals surface area contributed by atoms with E-state index in [2.05, 4.69) is 0 Å². The zero-order valence-corrected chi connectivity index (χ0v) is 15.7. The van der Waals surface area contributed by atoms with Crippen molar-refractivity contribution in [2.24, 2.45) is 0 Å². The first-order chi connectivity index (χ1) is 12.7. The van der Waals surface area contributed by atoms with Gasteiger partial charge in [0.1, 0.15) is 5.75 Å². The highest BCUT2D eigenvalue weighted by Gasteiger charge is 2.39. The van der Waals surface area contributed by atoms with Gasteiger partial charge in [-0.3, -0.25) is 14.5 Å². The van der Waals surface area contributed by atoms with Crippen LogP contribution in [-0.2, 0) is 9.59 Å². The van der Waals surface area contributed by atoms with Crippen LogP contribution in [0.1, 0.15) is 25.3 Å². The Morgan fingerprint density at radius 1 is 0.962 bits per heavy atom. The number of thioether (sulfide) groups is 1. The highest BCUT2D eigenvalue weighted by molar-refractivity contribution is 8.04. The molecule has 0 N–H and O–H groups in total. The highest BCUT2D eigenvalue weighted by atomic mass is 32.2. The van der Waals surface area contributed by atoms with Gasteiger partial charge in [-0.2, -0.15) is 0 Å². The monoisotopic (exact) mass is 367 g/mol. The molecule has 2 aromatic carbocycles. The van der Waals surface area contributed by atoms with E-state index in [9.17, 15) is 9.59 Å². The first kappa shape index (κ1) is 18.3. The third-order valence-electron chi connectivity index (χ3n) is 4.20. The molecule has 0 saturated heterocycles. The summed E-state index contributed by atoms with van der Waals surface area (Å²) < 4.78 is 5.43. The number of carbonyl (C=O) groups excluding carboxylic acids is 2. The van der Waals surface area contributed by atoms with Crippen LogP contribution in [0.2, 0.25) is 0 Å². The van der Waals surface area contributed by atoms with E-state index in [4.69, 9.17) is 4.74 Å². The lowest BCUT2D eigenvalue weighted by molar-refractivity contribution is -0.136. The molecule has 1 heterocycles. The van der Waals surface area contributed by atoms with E-state index in [1.807, 2.05) is 55.5 Å². The molecule has 0 saturated carbocycles. The van der Waals surface area contributed by atoms with Crippen LogP contribution in [0.5, 0.6) is 5.75 Å². The minimum absolute atomic E-state index is 0.224. The fourth-order valence-corrected chi connectivity index (χ4v) is 3.89. The second-order valence-electron chi connectivity index (χ2n) is 5.94. The van der Waals surface area contributed by atoms with E-state index in [1.165, 1.54) is 16.7 Å². The molecule has 26 heavy (non-hydrogen) atoms. The van der Waals surface area contributed by atoms with Gasteiger partial charge in [0.2, 0.25) is 0 Å². The summed E-state index contributed by atoms with van der Waals surface area (Å²) in [6.45, 7) is 2.48. The molecule has 0 atom stereocenters. The van der Waals surface area contributed by atoms with Crippen LogP contribution in [0.25, 0.3) is 5.57 Å². The van der Waals surface area contributed by atoms with Crippen molar-refractivity contribution in [2.45, 2.75) is 24.7 Å². The van der Waals surface area contributed by atoms with E-state index in [0.717, 1.165) is 17.7 Å². The van der Waals surface area contributed by atoms with Gasteiger partial charge in [-0.1, -0.05) is 61.5 Å². The van der Waals surface area contributed by atoms with Gasteiger partial charge in [0.05, 0.1) is 17.6 Å². The largest absolute Gasteiger partial charge is 0.496 e. The van der Waals surface area contributed by atoms with Crippen LogP contribution < -0.4 is 4.74 Å². The number of hydrogen-bond acceptors (Lipinski definition) is 4. The topological polar surface area (TPSA) is 46.6 Å². The van der Waals surface area contributed by atoms with Crippen molar-refractivity contribution in [2.75, 3.05) is 13.7 Å². The number of hydrogen-bond donors (Lipinski definition) is 0. The van der Waals surface area contributed by atoms with Gasteiger partial charge in [0.25, 0.3) is 11.8 Å². The summed E-state index contributed by atoms with van der Waals surface area (Å²) in [5.74, 6) is 0.122. The molecule has 0 aliphatic carbocycles. The van der Waals surface area contributed by atoms with Crippen LogP contribution >= 0.6 is 11.8 Å². The first-order valence-corrected chi connectivity index (χ1v) is 9.45. The molecule has 2 aromatic rings. The van der Waals surface area contributed by atoms with Crippen molar-refractivity contribution in [1.29, 1.82) is 0 Å². The van der Waals surface area contributed by atoms with E-state index in [1.54, 1.807) is 13.2 Å². The summed E-state index contributed by atoms with van der Waals surface area (Å²) in [6, 6.07) is 17.0. The molecule has 0 spiro atoms. The molecular formula is C21H21NO3S. The van der Waals surface area contributed by atoms with Crippen LogP contribution in [0, 0.1) is 0 Å². The Bertz CT molecular complexity index is 845. The Hall–Kier alpha value is -2.53. The van der Waals surface area contributed by atoms with Gasteiger partial charge < -0.3 is 4.74 Å². The van der Waals surface area contributed by atoms with Crippen molar-refractivity contribution in [3.05, 3.63) is 65.1 Å². The Morgan fingerprint density at radius 2 is 1.65 bits per heavy atom. The van der Waals surface area contributed by atoms with Gasteiger partial charge in [-0.25, -0.2) is 0 Å². The van der Waals surface area contributed by atoms with Crippen molar-refractivity contribution >= 4 is 29.1 Å². The molecule has 134 valence electrons. The lowest BCUT2D eigenvalue weighted by Gasteiger charge is -2.14. The molecule has 4 nitrogen and oxygen atoms in total. The van der Waals surface area contributed by atoms with Crippen LogP contribution in [-0.4, -0.2) is 30.4 Å². The fourth-order valence-electron chi connectivity index (χ4n) is 2.86. The summed E-state index contributed by atoms with van der Waals surface area (Å²) in [4.78, 5) is 28.8. The molecule has 5 heteroatoms. The number of methoxy groups -OCH3 is 1. The average molecular weight is 367 g/mol. The van der Waals surface area contributed by atoms with Gasteiger partial charge in [-0.05, 0) is 24.6 Å². The third-order valence-corrected chi connectivity index (χ3v) is 5.29. The second-order valence-corrected chi connectivity index (χ2v) is 7.02. The van der Waals surface area contributed by atoms with E-state index in [-0.39, 0.29) is 11.8 Å². The smallest absolute Gasteiger partial charge is 0.268 e. The summed E-state index contributed by atoms with van der Waals surface area (Å²) in [5.41, 5.74) is 1.09. The molecule has 0 fully saturated rings. The van der Waals surface area contributed by atoms with Crippen LogP contribution in [0.15, 0.2) is 64.4 Å². The molecule has 1 aliphatic heterocycles. The van der Waals surface area contributed by atoms with Gasteiger partial charge in [0.15, 0.2) is 0 Å². The zero-order valence-electron chi connectivity index (χ0n) is 14.9. The lowest BCUT2D eigenvalue weighted by atomic mass is 10.1. The van der Waals surface area contributed by atoms with Crippen molar-refractivity contribution < 1.29 is 14.3 Å². The molecule has 3 rings (SSSR count). The van der Waals surface area contributed by atoms with Crippen LogP contribution in [0.4, 0.5) is 0 Å². The first-order valence-electron chi connectivity index (χ1n) is 8.64. The number of carbonyl (C=O) groups is 2. The molecule has 0 radical (unpaired) electrons. The summed E-state index contributed by atoms with van der Waals surface area (Å²) in [6.07, 6.45) is 1.71. The second kappa shape index (κ2) is 8.23. The molecular weight excluding hydrogens is 346 g/mol. The average Bonchev–Trinajstić information content (AvgIpc) is 2.90. The maximum absolute atomic E-state index is 13.1. The number of imide groups is 1.